The van der Waals surface area contributed by atoms with Gasteiger partial charge in [-0.3, -0.25) is 14.4 Å². The van der Waals surface area contributed by atoms with Crippen LogP contribution in [0, 0.1) is 0 Å². The lowest BCUT2D eigenvalue weighted by Gasteiger charge is -2.19. The molecule has 0 bridgehead atoms. The van der Waals surface area contributed by atoms with Gasteiger partial charge in [-0.2, -0.15) is 0 Å². The van der Waals surface area contributed by atoms with Crippen molar-refractivity contribution in [1.29, 1.82) is 0 Å². The largest absolute Gasteiger partial charge is 0.508 e. The van der Waals surface area contributed by atoms with E-state index in [-0.39, 0.29) is 75.1 Å². The van der Waals surface area contributed by atoms with Gasteiger partial charge in [0.15, 0.2) is 5.43 Å². The molecule has 6 N–H and O–H groups in total. The summed E-state index contributed by atoms with van der Waals surface area (Å²) in [6, 6.07) is 16.4. The number of carboxylic acid groups (broad SMARTS) is 1. The number of halogens is 1. The molecule has 0 fully saturated rings. The molecule has 2 amide bonds. The lowest BCUT2D eigenvalue weighted by Crippen LogP contribution is -2.42. The quantitative estimate of drug-likeness (QED) is 0.0432. The highest BCUT2D eigenvalue weighted by molar-refractivity contribution is 7.89. The number of fused-ring (bicyclic) bond motifs is 2. The first-order valence-corrected chi connectivity index (χ1v) is 18.4. The van der Waals surface area contributed by atoms with Gasteiger partial charge in [-0.05, 0) is 91.9 Å². The van der Waals surface area contributed by atoms with E-state index in [1.165, 1.54) is 72.8 Å². The third-order valence-corrected chi connectivity index (χ3v) is 9.42. The number of aromatic hydroxyl groups is 1. The van der Waals surface area contributed by atoms with E-state index in [1.807, 2.05) is 0 Å². The monoisotopic (exact) mass is 763 g/mol. The predicted molar refractivity (Wildman–Crippen MR) is 195 cm³/mol. The summed E-state index contributed by atoms with van der Waals surface area (Å²) >= 11 is 5.71. The second kappa shape index (κ2) is 16.7. The van der Waals surface area contributed by atoms with Crippen LogP contribution < -0.4 is 21.2 Å². The van der Waals surface area contributed by atoms with E-state index in [9.17, 15) is 42.6 Å². The van der Waals surface area contributed by atoms with Crippen LogP contribution >= 0.6 is 11.6 Å². The Kier molecular flexibility index (Phi) is 12.1. The fourth-order valence-corrected chi connectivity index (χ4v) is 6.25. The number of esters is 1. The van der Waals surface area contributed by atoms with Crippen LogP contribution in [-0.4, -0.2) is 67.5 Å². The molecule has 0 saturated carbocycles. The van der Waals surface area contributed by atoms with Crippen molar-refractivity contribution in [1.82, 2.24) is 10.6 Å². The van der Waals surface area contributed by atoms with Gasteiger partial charge in [0.2, 0.25) is 10.0 Å². The van der Waals surface area contributed by atoms with Crippen molar-refractivity contribution in [2.75, 3.05) is 19.0 Å². The van der Waals surface area contributed by atoms with Gasteiger partial charge in [-0.1, -0.05) is 6.07 Å². The third kappa shape index (κ3) is 9.37. The Balaban J connectivity index is 1.33. The van der Waals surface area contributed by atoms with E-state index in [0.717, 1.165) is 0 Å². The van der Waals surface area contributed by atoms with Crippen molar-refractivity contribution in [3.05, 3.63) is 106 Å². The molecule has 53 heavy (non-hydrogen) atoms. The Bertz CT molecular complexity index is 2330. The SMILES string of the molecule is NS(=O)(=O)c1ccc(C(=O)NCCCCC(NC(=O)c2ccc(-c3c4ccc(=O)cc-4oc4cc(O)ccc34)c(C(=O)O)c2)C(=O)OCCCCl)cc1. The van der Waals surface area contributed by atoms with Crippen LogP contribution in [-0.2, 0) is 19.6 Å². The van der Waals surface area contributed by atoms with Crippen molar-refractivity contribution < 1.29 is 47.0 Å². The Morgan fingerprint density at radius 2 is 1.58 bits per heavy atom. The Morgan fingerprint density at radius 1 is 0.868 bits per heavy atom. The van der Waals surface area contributed by atoms with Gasteiger partial charge in [-0.25, -0.2) is 23.1 Å². The maximum Gasteiger partial charge on any atom is 0.336 e. The van der Waals surface area contributed by atoms with E-state index in [1.54, 1.807) is 6.07 Å². The highest BCUT2D eigenvalue weighted by Crippen LogP contribution is 2.42. The highest BCUT2D eigenvalue weighted by atomic mass is 35.5. The molecule has 0 saturated heterocycles. The first kappa shape index (κ1) is 38.5. The fourth-order valence-electron chi connectivity index (χ4n) is 5.62. The molecule has 1 aliphatic heterocycles. The summed E-state index contributed by atoms with van der Waals surface area (Å²) in [4.78, 5) is 63.7. The molecule has 0 aromatic heterocycles. The predicted octanol–water partition coefficient (Wildman–Crippen LogP) is 4.49. The summed E-state index contributed by atoms with van der Waals surface area (Å²) in [5, 5.41) is 31.2. The number of phenols is 1. The number of benzene rings is 4. The van der Waals surface area contributed by atoms with Crippen molar-refractivity contribution in [2.45, 2.75) is 36.6 Å². The Hall–Kier alpha value is -5.77. The van der Waals surface area contributed by atoms with Crippen LogP contribution in [0.15, 0.2) is 93.0 Å². The topological polar surface area (TPSA) is 232 Å². The first-order valence-electron chi connectivity index (χ1n) is 16.3. The van der Waals surface area contributed by atoms with Crippen LogP contribution in [0.25, 0.3) is 33.4 Å². The number of primary sulfonamides is 1. The van der Waals surface area contributed by atoms with Gasteiger partial charge >= 0.3 is 11.9 Å². The smallest absolute Gasteiger partial charge is 0.336 e. The number of sulfonamides is 1. The van der Waals surface area contributed by atoms with Crippen LogP contribution in [0.1, 0.15) is 56.8 Å². The fraction of sp³-hybridized carbons (Fsp3) is 0.216. The second-order valence-electron chi connectivity index (χ2n) is 11.9. The lowest BCUT2D eigenvalue weighted by atomic mass is 9.89. The number of hydrogen-bond acceptors (Lipinski definition) is 10. The number of carbonyl (C=O) groups is 4. The molecule has 14 nitrogen and oxygen atoms in total. The van der Waals surface area contributed by atoms with Crippen LogP contribution in [0.3, 0.4) is 0 Å². The molecular formula is C37H34ClN3O11S. The summed E-state index contributed by atoms with van der Waals surface area (Å²) in [6.07, 6.45) is 1.26. The number of rotatable bonds is 15. The van der Waals surface area contributed by atoms with Gasteiger partial charge < -0.3 is 30.0 Å². The zero-order valence-electron chi connectivity index (χ0n) is 28.0. The molecule has 276 valence electrons. The Morgan fingerprint density at radius 3 is 2.28 bits per heavy atom. The summed E-state index contributed by atoms with van der Waals surface area (Å²) in [5.74, 6) is -2.96. The molecule has 1 atom stereocenters. The molecular weight excluding hydrogens is 730 g/mol. The van der Waals surface area contributed by atoms with Crippen molar-refractivity contribution in [3.8, 4) is 28.2 Å². The zero-order valence-corrected chi connectivity index (χ0v) is 29.5. The average molecular weight is 764 g/mol. The van der Waals surface area contributed by atoms with E-state index in [0.29, 0.717) is 35.8 Å². The molecule has 1 aliphatic carbocycles. The standard InChI is InChI=1S/C37H34ClN3O11S/c38-15-3-17-51-37(48)30(4-1-2-16-40-34(44)21-5-10-25(11-6-21)53(39,49)50)41-35(45)22-7-12-26(29(18-22)36(46)47)33-27-13-8-23(42)19-31(27)52-32-20-24(43)9-14-28(32)33/h5-14,18-20,30,42H,1-4,15-17H2,(H,40,44)(H,41,45)(H,46,47)(H2,39,49,50). The molecule has 1 heterocycles. The summed E-state index contributed by atoms with van der Waals surface area (Å²) in [5.41, 5.74) is 0.816. The number of carbonyl (C=O) groups excluding carboxylic acids is 3. The number of alkyl halides is 1. The number of nitrogens with two attached hydrogens (primary N) is 1. The number of aromatic carboxylic acids is 1. The normalized spacial score (nSPS) is 12.0. The number of phenolic OH excluding ortho intramolecular Hbond substituents is 1. The van der Waals surface area contributed by atoms with Crippen molar-refractivity contribution in [2.24, 2.45) is 5.14 Å². The van der Waals surface area contributed by atoms with Crippen LogP contribution in [0.5, 0.6) is 5.75 Å². The minimum Gasteiger partial charge on any atom is -0.508 e. The average Bonchev–Trinajstić information content (AvgIpc) is 3.12. The van der Waals surface area contributed by atoms with E-state index < -0.39 is 39.8 Å². The molecule has 5 rings (SSSR count). The Labute approximate surface area is 307 Å². The van der Waals surface area contributed by atoms with E-state index >= 15 is 0 Å². The number of ether oxygens (including phenoxy) is 1. The molecule has 0 spiro atoms. The zero-order chi connectivity index (χ0) is 38.3. The highest BCUT2D eigenvalue weighted by Gasteiger charge is 2.26. The lowest BCUT2D eigenvalue weighted by molar-refractivity contribution is -0.146. The van der Waals surface area contributed by atoms with Gasteiger partial charge in [0.25, 0.3) is 11.8 Å². The minimum absolute atomic E-state index is 0.0176. The number of amides is 2. The van der Waals surface area contributed by atoms with E-state index in [2.05, 4.69) is 10.6 Å². The number of unbranched alkanes of at least 4 members (excludes halogenated alkanes) is 1. The van der Waals surface area contributed by atoms with Gasteiger partial charge in [0, 0.05) is 52.2 Å². The second-order valence-corrected chi connectivity index (χ2v) is 13.9. The number of hydrogen-bond donors (Lipinski definition) is 5. The molecule has 0 radical (unpaired) electrons. The van der Waals surface area contributed by atoms with Crippen molar-refractivity contribution >= 4 is 56.3 Å². The van der Waals surface area contributed by atoms with Crippen molar-refractivity contribution in [3.63, 3.8) is 0 Å². The number of nitrogens with one attached hydrogen (secondary N) is 2. The molecule has 3 aromatic rings. The summed E-state index contributed by atoms with van der Waals surface area (Å²) in [6.45, 7) is 0.219. The third-order valence-electron chi connectivity index (χ3n) is 8.22. The van der Waals surface area contributed by atoms with Gasteiger partial charge in [0.05, 0.1) is 17.1 Å². The van der Waals surface area contributed by atoms with Gasteiger partial charge in [0.1, 0.15) is 23.1 Å². The molecule has 1 unspecified atom stereocenters. The van der Waals surface area contributed by atoms with E-state index in [4.69, 9.17) is 25.9 Å². The summed E-state index contributed by atoms with van der Waals surface area (Å²) < 4.78 is 34.1. The van der Waals surface area contributed by atoms with Crippen LogP contribution in [0.2, 0.25) is 0 Å². The minimum atomic E-state index is -3.91. The van der Waals surface area contributed by atoms with Gasteiger partial charge in [-0.15, -0.1) is 11.6 Å². The molecule has 16 heteroatoms. The molecule has 2 aliphatic rings. The maximum atomic E-state index is 13.5. The molecule has 3 aromatic carbocycles. The summed E-state index contributed by atoms with van der Waals surface area (Å²) in [7, 11) is -3.91. The first-order chi connectivity index (χ1) is 25.3. The maximum absolute atomic E-state index is 13.5. The van der Waals surface area contributed by atoms with Crippen LogP contribution in [0.4, 0.5) is 0 Å². The number of carboxylic acids is 1.